The summed E-state index contributed by atoms with van der Waals surface area (Å²) in [6.07, 6.45) is 5.42. The summed E-state index contributed by atoms with van der Waals surface area (Å²) >= 11 is 1.15. The lowest BCUT2D eigenvalue weighted by Gasteiger charge is -2.13. The lowest BCUT2D eigenvalue weighted by Crippen LogP contribution is -2.29. The Hall–Kier alpha value is -1.73. The van der Waals surface area contributed by atoms with Crippen LogP contribution in [0.4, 0.5) is 0 Å². The number of nitrogens with zero attached hydrogens (tertiary/aromatic N) is 3. The van der Waals surface area contributed by atoms with Crippen LogP contribution in [0, 0.1) is 0 Å². The first kappa shape index (κ1) is 12.7. The van der Waals surface area contributed by atoms with Crippen molar-refractivity contribution in [3.63, 3.8) is 0 Å². The van der Waals surface area contributed by atoms with Gasteiger partial charge in [-0.05, 0) is 6.92 Å². The van der Waals surface area contributed by atoms with E-state index < -0.39 is 5.97 Å². The molecule has 0 aliphatic heterocycles. The maximum Gasteiger partial charge on any atom is 0.365 e. The molecule has 18 heavy (non-hydrogen) atoms. The lowest BCUT2D eigenvalue weighted by atomic mass is 10.3. The molecule has 0 fully saturated rings. The van der Waals surface area contributed by atoms with Crippen LogP contribution in [0.15, 0.2) is 24.1 Å². The zero-order chi connectivity index (χ0) is 13.0. The monoisotopic (exact) mass is 266 g/mol. The van der Waals surface area contributed by atoms with Crippen molar-refractivity contribution in [1.29, 1.82) is 0 Å². The third-order valence-electron chi connectivity index (χ3n) is 2.41. The molecule has 96 valence electrons. The third-order valence-corrected chi connectivity index (χ3v) is 3.29. The highest BCUT2D eigenvalue weighted by atomic mass is 32.1. The zero-order valence-corrected chi connectivity index (χ0v) is 10.7. The Kier molecular flexibility index (Phi) is 4.06. The van der Waals surface area contributed by atoms with Crippen LogP contribution in [0.25, 0.3) is 0 Å². The van der Waals surface area contributed by atoms with E-state index >= 15 is 0 Å². The van der Waals surface area contributed by atoms with Crippen molar-refractivity contribution >= 4 is 17.3 Å². The molecule has 0 aliphatic rings. The van der Waals surface area contributed by atoms with Gasteiger partial charge in [0.25, 0.3) is 0 Å². The van der Waals surface area contributed by atoms with Crippen LogP contribution in [-0.2, 0) is 13.1 Å². The lowest BCUT2D eigenvalue weighted by molar-refractivity contribution is 0.0696. The number of hydrogen-bond acceptors (Lipinski definition) is 5. The normalized spacial score (nSPS) is 12.5. The van der Waals surface area contributed by atoms with E-state index in [1.807, 2.05) is 10.8 Å². The molecule has 2 heterocycles. The van der Waals surface area contributed by atoms with Gasteiger partial charge in [-0.3, -0.25) is 0 Å². The summed E-state index contributed by atoms with van der Waals surface area (Å²) in [5.41, 5.74) is 0.759. The molecule has 7 heteroatoms. The minimum absolute atomic E-state index is 0.133. The Morgan fingerprint density at radius 2 is 2.50 bits per heavy atom. The van der Waals surface area contributed by atoms with E-state index in [1.54, 1.807) is 17.9 Å². The van der Waals surface area contributed by atoms with E-state index in [0.29, 0.717) is 6.54 Å². The van der Waals surface area contributed by atoms with Gasteiger partial charge >= 0.3 is 5.97 Å². The molecule has 2 rings (SSSR count). The number of hydrogen-bond donors (Lipinski definition) is 2. The number of thiazole rings is 1. The number of carboxylic acid groups (broad SMARTS) is 1. The highest BCUT2D eigenvalue weighted by Crippen LogP contribution is 2.09. The van der Waals surface area contributed by atoms with Crippen molar-refractivity contribution in [2.75, 3.05) is 0 Å². The van der Waals surface area contributed by atoms with Crippen molar-refractivity contribution in [2.24, 2.45) is 0 Å². The van der Waals surface area contributed by atoms with Gasteiger partial charge in [-0.15, -0.1) is 11.3 Å². The summed E-state index contributed by atoms with van der Waals surface area (Å²) < 4.78 is 1.99. The van der Waals surface area contributed by atoms with Crippen molar-refractivity contribution < 1.29 is 9.90 Å². The Bertz CT molecular complexity index is 509. The number of aromatic nitrogens is 3. The molecule has 0 aliphatic carbocycles. The molecule has 2 N–H and O–H groups in total. The maximum atomic E-state index is 10.7. The maximum absolute atomic E-state index is 10.7. The van der Waals surface area contributed by atoms with Crippen molar-refractivity contribution in [3.05, 3.63) is 34.8 Å². The number of rotatable bonds is 6. The first-order valence-electron chi connectivity index (χ1n) is 5.52. The molecule has 0 bridgehead atoms. The molecular formula is C11H14N4O2S. The largest absolute Gasteiger partial charge is 0.476 e. The second-order valence-electron chi connectivity index (χ2n) is 3.99. The summed E-state index contributed by atoms with van der Waals surface area (Å²) in [5, 5.41) is 14.0. The second kappa shape index (κ2) is 5.74. The van der Waals surface area contributed by atoms with Gasteiger partial charge in [-0.25, -0.2) is 14.8 Å². The summed E-state index contributed by atoms with van der Waals surface area (Å²) in [7, 11) is 0. The first-order chi connectivity index (χ1) is 8.65. The van der Waals surface area contributed by atoms with Gasteiger partial charge in [0.2, 0.25) is 5.01 Å². The van der Waals surface area contributed by atoms with Crippen molar-refractivity contribution in [1.82, 2.24) is 19.9 Å². The Labute approximate surface area is 108 Å². The summed E-state index contributed by atoms with van der Waals surface area (Å²) in [5.74, 6) is -0.974. The molecule has 2 aromatic rings. The molecule has 1 atom stereocenters. The minimum atomic E-state index is -0.974. The van der Waals surface area contributed by atoms with Gasteiger partial charge in [0.1, 0.15) is 0 Å². The quantitative estimate of drug-likeness (QED) is 0.821. The molecule has 0 amide bonds. The molecule has 2 aromatic heterocycles. The van der Waals surface area contributed by atoms with Crippen LogP contribution in [0.1, 0.15) is 22.4 Å². The highest BCUT2D eigenvalue weighted by Gasteiger charge is 2.09. The number of carbonyl (C=O) groups is 1. The molecule has 0 saturated heterocycles. The Morgan fingerprint density at radius 3 is 3.11 bits per heavy atom. The van der Waals surface area contributed by atoms with Crippen LogP contribution < -0.4 is 5.32 Å². The van der Waals surface area contributed by atoms with Crippen molar-refractivity contribution in [3.8, 4) is 0 Å². The minimum Gasteiger partial charge on any atom is -0.476 e. The fourth-order valence-corrected chi connectivity index (χ4v) is 2.20. The van der Waals surface area contributed by atoms with Gasteiger partial charge < -0.3 is 15.0 Å². The predicted octanol–water partition coefficient (Wildman–Crippen LogP) is 1.22. The number of aromatic carboxylic acids is 1. The predicted molar refractivity (Wildman–Crippen MR) is 67.6 cm³/mol. The molecule has 0 radical (unpaired) electrons. The molecule has 0 spiro atoms. The van der Waals surface area contributed by atoms with E-state index in [2.05, 4.69) is 22.2 Å². The molecular weight excluding hydrogens is 252 g/mol. The molecule has 0 aromatic carbocycles. The van der Waals surface area contributed by atoms with E-state index in [4.69, 9.17) is 5.11 Å². The van der Waals surface area contributed by atoms with Gasteiger partial charge in [0, 0.05) is 36.9 Å². The van der Waals surface area contributed by atoms with Gasteiger partial charge in [0.15, 0.2) is 0 Å². The number of imidazole rings is 1. The topological polar surface area (TPSA) is 80.0 Å². The fourth-order valence-electron chi connectivity index (χ4n) is 1.54. The highest BCUT2D eigenvalue weighted by molar-refractivity contribution is 7.11. The fraction of sp³-hybridized carbons (Fsp3) is 0.364. The Balaban J connectivity index is 1.81. The molecule has 0 saturated carbocycles. The van der Waals surface area contributed by atoms with Crippen LogP contribution in [0.2, 0.25) is 0 Å². The van der Waals surface area contributed by atoms with Gasteiger partial charge in [0.05, 0.1) is 12.0 Å². The molecule has 6 nitrogen and oxygen atoms in total. The number of carboxylic acids is 1. The number of nitrogens with one attached hydrogen (secondary N) is 1. The van der Waals surface area contributed by atoms with Crippen molar-refractivity contribution in [2.45, 2.75) is 26.1 Å². The van der Waals surface area contributed by atoms with E-state index in [0.717, 1.165) is 23.6 Å². The average Bonchev–Trinajstić information content (AvgIpc) is 2.96. The summed E-state index contributed by atoms with van der Waals surface area (Å²) in [6, 6.07) is 0.258. The van der Waals surface area contributed by atoms with Crippen LogP contribution in [0.3, 0.4) is 0 Å². The average molecular weight is 266 g/mol. The zero-order valence-electron chi connectivity index (χ0n) is 9.91. The second-order valence-corrected chi connectivity index (χ2v) is 4.85. The van der Waals surface area contributed by atoms with E-state index in [-0.39, 0.29) is 11.0 Å². The standard InChI is InChI=1S/C11H14N4O2S/c1-8(5-15-3-2-12-7-15)13-4-9-6-18-10(14-9)11(16)17/h2-3,6-8,13H,4-5H2,1H3,(H,16,17). The van der Waals surface area contributed by atoms with Gasteiger partial charge in [-0.1, -0.05) is 0 Å². The van der Waals surface area contributed by atoms with Crippen LogP contribution in [-0.4, -0.2) is 31.7 Å². The first-order valence-corrected chi connectivity index (χ1v) is 6.40. The smallest absolute Gasteiger partial charge is 0.365 e. The summed E-state index contributed by atoms with van der Waals surface area (Å²) in [6.45, 7) is 3.44. The molecule has 1 unspecified atom stereocenters. The van der Waals surface area contributed by atoms with Crippen LogP contribution in [0.5, 0.6) is 0 Å². The van der Waals surface area contributed by atoms with Gasteiger partial charge in [-0.2, -0.15) is 0 Å². The third kappa shape index (κ3) is 3.38. The SMILES string of the molecule is CC(Cn1ccnc1)NCc1csc(C(=O)O)n1. The Morgan fingerprint density at radius 1 is 1.67 bits per heavy atom. The summed E-state index contributed by atoms with van der Waals surface area (Å²) in [4.78, 5) is 18.7. The van der Waals surface area contributed by atoms with Crippen LogP contribution >= 0.6 is 11.3 Å². The van der Waals surface area contributed by atoms with E-state index in [9.17, 15) is 4.79 Å². The van der Waals surface area contributed by atoms with E-state index in [1.165, 1.54) is 0 Å².